The lowest BCUT2D eigenvalue weighted by Gasteiger charge is -2.22. The molecular formula is C10H15IO3. The van der Waals surface area contributed by atoms with Gasteiger partial charge in [-0.05, 0) is 35.9 Å². The van der Waals surface area contributed by atoms with Gasteiger partial charge in [0.25, 0.3) is 0 Å². The fraction of sp³-hybridized carbons (Fsp3) is 0.800. The van der Waals surface area contributed by atoms with Crippen LogP contribution in [-0.4, -0.2) is 29.2 Å². The second-order valence-corrected chi connectivity index (χ2v) is 4.55. The van der Waals surface area contributed by atoms with Crippen LogP contribution in [-0.2, 0) is 14.2 Å². The third-order valence-corrected chi connectivity index (χ3v) is 3.38. The molecule has 1 saturated heterocycles. The topological polar surface area (TPSA) is 27.7 Å². The molecule has 0 bridgehead atoms. The SMILES string of the molecule is C#CCOC(I)C1COC(C)(CC)O1. The maximum absolute atomic E-state index is 5.73. The molecule has 0 aliphatic carbocycles. The van der Waals surface area contributed by atoms with Crippen molar-refractivity contribution in [3.8, 4) is 12.3 Å². The first kappa shape index (κ1) is 12.2. The largest absolute Gasteiger partial charge is 0.352 e. The number of terminal acetylenes is 1. The highest BCUT2D eigenvalue weighted by atomic mass is 127. The van der Waals surface area contributed by atoms with Gasteiger partial charge in [0.05, 0.1) is 6.61 Å². The quantitative estimate of drug-likeness (QED) is 0.451. The predicted molar refractivity (Wildman–Crippen MR) is 62.1 cm³/mol. The van der Waals surface area contributed by atoms with Crippen molar-refractivity contribution in [1.29, 1.82) is 0 Å². The molecule has 0 radical (unpaired) electrons. The van der Waals surface area contributed by atoms with Crippen molar-refractivity contribution < 1.29 is 14.2 Å². The zero-order valence-electron chi connectivity index (χ0n) is 8.46. The maximum Gasteiger partial charge on any atom is 0.166 e. The first-order chi connectivity index (χ1) is 6.61. The second kappa shape index (κ2) is 5.31. The van der Waals surface area contributed by atoms with Crippen LogP contribution in [0, 0.1) is 12.3 Å². The van der Waals surface area contributed by atoms with Gasteiger partial charge in [0.2, 0.25) is 0 Å². The average Bonchev–Trinajstić information content (AvgIpc) is 2.58. The first-order valence-corrected chi connectivity index (χ1v) is 5.87. The molecule has 3 atom stereocenters. The van der Waals surface area contributed by atoms with Crippen LogP contribution < -0.4 is 0 Å². The van der Waals surface area contributed by atoms with E-state index in [0.717, 1.165) is 6.42 Å². The normalized spacial score (nSPS) is 34.0. The Bertz CT molecular complexity index is 226. The van der Waals surface area contributed by atoms with E-state index in [2.05, 4.69) is 28.5 Å². The van der Waals surface area contributed by atoms with E-state index in [1.54, 1.807) is 0 Å². The highest BCUT2D eigenvalue weighted by Crippen LogP contribution is 2.30. The summed E-state index contributed by atoms with van der Waals surface area (Å²) in [5, 5.41) is 0. The molecule has 3 unspecified atom stereocenters. The van der Waals surface area contributed by atoms with Gasteiger partial charge < -0.3 is 14.2 Å². The molecular weight excluding hydrogens is 295 g/mol. The minimum Gasteiger partial charge on any atom is -0.352 e. The third kappa shape index (κ3) is 3.09. The molecule has 1 aliphatic heterocycles. The van der Waals surface area contributed by atoms with Crippen LogP contribution in [0.25, 0.3) is 0 Å². The number of hydrogen-bond acceptors (Lipinski definition) is 3. The standard InChI is InChI=1S/C10H15IO3/c1-4-6-12-9(11)8-7-13-10(3,5-2)14-8/h1,8-9H,5-7H2,2-3H3. The molecule has 0 saturated carbocycles. The van der Waals surface area contributed by atoms with E-state index in [4.69, 9.17) is 20.6 Å². The molecule has 0 amide bonds. The van der Waals surface area contributed by atoms with Crippen LogP contribution in [0.3, 0.4) is 0 Å². The van der Waals surface area contributed by atoms with Crippen molar-refractivity contribution in [1.82, 2.24) is 0 Å². The number of hydrogen-bond donors (Lipinski definition) is 0. The van der Waals surface area contributed by atoms with Gasteiger partial charge in [0.1, 0.15) is 16.8 Å². The Morgan fingerprint density at radius 1 is 1.79 bits per heavy atom. The molecule has 4 heteroatoms. The Kier molecular flexibility index (Phi) is 4.64. The molecule has 1 heterocycles. The number of rotatable bonds is 4. The van der Waals surface area contributed by atoms with Crippen molar-refractivity contribution in [3.63, 3.8) is 0 Å². The highest BCUT2D eigenvalue weighted by molar-refractivity contribution is 14.1. The maximum atomic E-state index is 5.73. The van der Waals surface area contributed by atoms with Crippen LogP contribution in [0.2, 0.25) is 0 Å². The van der Waals surface area contributed by atoms with Crippen LogP contribution in [0.5, 0.6) is 0 Å². The molecule has 0 aromatic heterocycles. The Hall–Kier alpha value is 0.170. The molecule has 3 nitrogen and oxygen atoms in total. The van der Waals surface area contributed by atoms with Crippen molar-refractivity contribution in [3.05, 3.63) is 0 Å². The fourth-order valence-corrected chi connectivity index (χ4v) is 1.73. The van der Waals surface area contributed by atoms with Crippen LogP contribution in [0.15, 0.2) is 0 Å². The van der Waals surface area contributed by atoms with Crippen molar-refractivity contribution in [2.45, 2.75) is 36.3 Å². The number of alkyl halides is 1. The highest BCUT2D eigenvalue weighted by Gasteiger charge is 2.39. The summed E-state index contributed by atoms with van der Waals surface area (Å²) in [5.41, 5.74) is 0. The van der Waals surface area contributed by atoms with E-state index >= 15 is 0 Å². The van der Waals surface area contributed by atoms with Gasteiger partial charge in [0, 0.05) is 0 Å². The monoisotopic (exact) mass is 310 g/mol. The van der Waals surface area contributed by atoms with E-state index in [1.807, 2.05) is 13.8 Å². The number of halogens is 1. The van der Waals surface area contributed by atoms with E-state index in [1.165, 1.54) is 0 Å². The van der Waals surface area contributed by atoms with E-state index in [0.29, 0.717) is 13.2 Å². The smallest absolute Gasteiger partial charge is 0.166 e. The summed E-state index contributed by atoms with van der Waals surface area (Å²) in [6, 6.07) is 0. The minimum atomic E-state index is -0.451. The summed E-state index contributed by atoms with van der Waals surface area (Å²) >= 11 is 2.18. The molecule has 80 valence electrons. The van der Waals surface area contributed by atoms with E-state index in [9.17, 15) is 0 Å². The van der Waals surface area contributed by atoms with Gasteiger partial charge in [-0.1, -0.05) is 12.8 Å². The summed E-state index contributed by atoms with van der Waals surface area (Å²) < 4.78 is 16.6. The lowest BCUT2D eigenvalue weighted by atomic mass is 10.2. The van der Waals surface area contributed by atoms with Crippen LogP contribution in [0.4, 0.5) is 0 Å². The summed E-state index contributed by atoms with van der Waals surface area (Å²) in [7, 11) is 0. The molecule has 1 rings (SSSR count). The van der Waals surface area contributed by atoms with E-state index in [-0.39, 0.29) is 10.2 Å². The Balaban J connectivity index is 2.38. The van der Waals surface area contributed by atoms with Crippen LogP contribution in [0.1, 0.15) is 20.3 Å². The van der Waals surface area contributed by atoms with Gasteiger partial charge in [-0.15, -0.1) is 6.42 Å². The predicted octanol–water partition coefficient (Wildman–Crippen LogP) is 1.94. The minimum absolute atomic E-state index is 0.0195. The zero-order valence-corrected chi connectivity index (χ0v) is 10.6. The van der Waals surface area contributed by atoms with Gasteiger partial charge >= 0.3 is 0 Å². The second-order valence-electron chi connectivity index (χ2n) is 3.32. The van der Waals surface area contributed by atoms with Crippen molar-refractivity contribution in [2.24, 2.45) is 0 Å². The van der Waals surface area contributed by atoms with Gasteiger partial charge in [0.15, 0.2) is 5.79 Å². The molecule has 0 aromatic carbocycles. The summed E-state index contributed by atoms with van der Waals surface area (Å²) in [4.78, 5) is 0. The molecule has 14 heavy (non-hydrogen) atoms. The molecule has 1 fully saturated rings. The summed E-state index contributed by atoms with van der Waals surface area (Å²) in [5.74, 6) is 1.98. The summed E-state index contributed by atoms with van der Waals surface area (Å²) in [6.07, 6.45) is 5.92. The van der Waals surface area contributed by atoms with Crippen molar-refractivity contribution in [2.75, 3.05) is 13.2 Å². The lowest BCUT2D eigenvalue weighted by molar-refractivity contribution is -0.161. The average molecular weight is 310 g/mol. The van der Waals surface area contributed by atoms with Crippen molar-refractivity contribution >= 4 is 22.6 Å². The molecule has 1 aliphatic rings. The van der Waals surface area contributed by atoms with Gasteiger partial charge in [-0.2, -0.15) is 0 Å². The zero-order chi connectivity index (χ0) is 10.6. The molecule has 0 aromatic rings. The van der Waals surface area contributed by atoms with Crippen LogP contribution >= 0.6 is 22.6 Å². The summed E-state index contributed by atoms with van der Waals surface area (Å²) in [6.45, 7) is 4.86. The first-order valence-electron chi connectivity index (χ1n) is 4.62. The Morgan fingerprint density at radius 3 is 3.00 bits per heavy atom. The lowest BCUT2D eigenvalue weighted by Crippen LogP contribution is -2.30. The Labute approximate surface area is 98.6 Å². The van der Waals surface area contributed by atoms with Gasteiger partial charge in [-0.25, -0.2) is 0 Å². The number of ether oxygens (including phenoxy) is 3. The van der Waals surface area contributed by atoms with Gasteiger partial charge in [-0.3, -0.25) is 0 Å². The fourth-order valence-electron chi connectivity index (χ4n) is 1.20. The molecule has 0 N–H and O–H groups in total. The third-order valence-electron chi connectivity index (χ3n) is 2.21. The molecule has 0 spiro atoms. The Morgan fingerprint density at radius 2 is 2.50 bits per heavy atom. The van der Waals surface area contributed by atoms with E-state index < -0.39 is 5.79 Å².